The van der Waals surface area contributed by atoms with Crippen LogP contribution in [0, 0.1) is 6.92 Å². The molecule has 0 atom stereocenters. The van der Waals surface area contributed by atoms with Crippen LogP contribution < -0.4 is 10.1 Å². The van der Waals surface area contributed by atoms with Crippen LogP contribution in [0.2, 0.25) is 0 Å². The largest absolute Gasteiger partial charge is 0.496 e. The highest BCUT2D eigenvalue weighted by Crippen LogP contribution is 2.43. The Morgan fingerprint density at radius 1 is 1.20 bits per heavy atom. The minimum Gasteiger partial charge on any atom is -0.496 e. The van der Waals surface area contributed by atoms with Crippen LogP contribution in [0.4, 0.5) is 0 Å². The van der Waals surface area contributed by atoms with E-state index in [-0.39, 0.29) is 5.41 Å². The molecule has 2 rings (SSSR count). The number of aryl methyl sites for hydroxylation is 1. The van der Waals surface area contributed by atoms with Crippen molar-refractivity contribution in [3.8, 4) is 5.75 Å². The van der Waals surface area contributed by atoms with E-state index in [2.05, 4.69) is 44.3 Å². The molecule has 1 N–H and O–H groups in total. The maximum absolute atomic E-state index is 5.66. The molecule has 1 saturated carbocycles. The van der Waals surface area contributed by atoms with Crippen LogP contribution in [0.25, 0.3) is 0 Å². The molecule has 1 fully saturated rings. The summed E-state index contributed by atoms with van der Waals surface area (Å²) in [5.74, 6) is 1.06. The molecule has 0 unspecified atom stereocenters. The summed E-state index contributed by atoms with van der Waals surface area (Å²) >= 11 is 0. The van der Waals surface area contributed by atoms with E-state index in [9.17, 15) is 0 Å². The first-order valence-corrected chi connectivity index (χ1v) is 7.96. The fourth-order valence-electron chi connectivity index (χ4n) is 3.41. The van der Waals surface area contributed by atoms with Crippen molar-refractivity contribution in [3.05, 3.63) is 29.3 Å². The number of hydrogen-bond acceptors (Lipinski definition) is 2. The highest BCUT2D eigenvalue weighted by atomic mass is 16.5. The van der Waals surface area contributed by atoms with Crippen molar-refractivity contribution in [2.45, 2.75) is 64.3 Å². The zero-order valence-corrected chi connectivity index (χ0v) is 13.5. The Morgan fingerprint density at radius 3 is 2.50 bits per heavy atom. The third kappa shape index (κ3) is 3.35. The van der Waals surface area contributed by atoms with E-state index in [0.717, 1.165) is 12.3 Å². The van der Waals surface area contributed by atoms with Gasteiger partial charge in [0.15, 0.2) is 0 Å². The Hall–Kier alpha value is -1.02. The topological polar surface area (TPSA) is 21.3 Å². The van der Waals surface area contributed by atoms with Gasteiger partial charge < -0.3 is 10.1 Å². The minimum absolute atomic E-state index is 0.250. The van der Waals surface area contributed by atoms with Crippen LogP contribution in [0.3, 0.4) is 0 Å². The summed E-state index contributed by atoms with van der Waals surface area (Å²) in [6, 6.07) is 7.15. The van der Waals surface area contributed by atoms with Crippen molar-refractivity contribution in [1.82, 2.24) is 5.32 Å². The normalized spacial score (nSPS) is 18.2. The quantitative estimate of drug-likeness (QED) is 0.869. The smallest absolute Gasteiger partial charge is 0.122 e. The molecule has 0 spiro atoms. The number of hydrogen-bond donors (Lipinski definition) is 1. The Kier molecular flexibility index (Phi) is 5.09. The molecule has 20 heavy (non-hydrogen) atoms. The van der Waals surface area contributed by atoms with Gasteiger partial charge in [-0.1, -0.05) is 50.8 Å². The van der Waals surface area contributed by atoms with Crippen molar-refractivity contribution in [2.24, 2.45) is 0 Å². The molecule has 2 nitrogen and oxygen atoms in total. The average Bonchev–Trinajstić information content (AvgIpc) is 2.46. The van der Waals surface area contributed by atoms with Crippen molar-refractivity contribution in [1.29, 1.82) is 0 Å². The van der Waals surface area contributed by atoms with E-state index in [1.807, 2.05) is 0 Å². The maximum Gasteiger partial charge on any atom is 0.122 e. The predicted molar refractivity (Wildman–Crippen MR) is 85.6 cm³/mol. The van der Waals surface area contributed by atoms with Gasteiger partial charge in [-0.3, -0.25) is 0 Å². The molecule has 0 aromatic heterocycles. The van der Waals surface area contributed by atoms with Crippen molar-refractivity contribution < 1.29 is 4.74 Å². The van der Waals surface area contributed by atoms with Gasteiger partial charge in [-0.05, 0) is 25.8 Å². The molecule has 0 radical (unpaired) electrons. The fourth-order valence-corrected chi connectivity index (χ4v) is 3.41. The lowest BCUT2D eigenvalue weighted by Crippen LogP contribution is -2.42. The summed E-state index contributed by atoms with van der Waals surface area (Å²) in [6.45, 7) is 7.69. The van der Waals surface area contributed by atoms with E-state index in [1.165, 1.54) is 43.2 Å². The summed E-state index contributed by atoms with van der Waals surface area (Å²) < 4.78 is 5.66. The van der Waals surface area contributed by atoms with Crippen molar-refractivity contribution in [3.63, 3.8) is 0 Å². The van der Waals surface area contributed by atoms with E-state index >= 15 is 0 Å². The second-order valence-electron chi connectivity index (χ2n) is 6.58. The zero-order valence-electron chi connectivity index (χ0n) is 13.5. The fraction of sp³-hybridized carbons (Fsp3) is 0.667. The van der Waals surface area contributed by atoms with E-state index in [0.29, 0.717) is 6.04 Å². The number of rotatable bonds is 5. The van der Waals surface area contributed by atoms with Crippen LogP contribution in [0.5, 0.6) is 5.75 Å². The standard InChI is InChI=1S/C18H29NO/c1-14(2)19-13-18(10-6-5-7-11-18)16-12-15(3)8-9-17(16)20-4/h8-9,12,14,19H,5-7,10-11,13H2,1-4H3. The molecule has 0 bridgehead atoms. The van der Waals surface area contributed by atoms with Crippen LogP contribution in [0.15, 0.2) is 18.2 Å². The van der Waals surface area contributed by atoms with Crippen molar-refractivity contribution >= 4 is 0 Å². The highest BCUT2D eigenvalue weighted by Gasteiger charge is 2.36. The number of nitrogens with one attached hydrogen (secondary N) is 1. The first-order valence-electron chi connectivity index (χ1n) is 7.96. The Morgan fingerprint density at radius 2 is 1.90 bits per heavy atom. The van der Waals surface area contributed by atoms with Crippen LogP contribution in [0.1, 0.15) is 57.1 Å². The predicted octanol–water partition coefficient (Wildman–Crippen LogP) is 4.20. The van der Waals surface area contributed by atoms with Gasteiger partial charge in [-0.15, -0.1) is 0 Å². The maximum atomic E-state index is 5.66. The molecule has 1 aliphatic rings. The van der Waals surface area contributed by atoms with Gasteiger partial charge in [-0.25, -0.2) is 0 Å². The SMILES string of the molecule is COc1ccc(C)cc1C1(CNC(C)C)CCCCC1. The highest BCUT2D eigenvalue weighted by molar-refractivity contribution is 5.43. The summed E-state index contributed by atoms with van der Waals surface area (Å²) in [4.78, 5) is 0. The van der Waals surface area contributed by atoms with Crippen LogP contribution >= 0.6 is 0 Å². The second-order valence-corrected chi connectivity index (χ2v) is 6.58. The van der Waals surface area contributed by atoms with Gasteiger partial charge in [0.2, 0.25) is 0 Å². The number of ether oxygens (including phenoxy) is 1. The van der Waals surface area contributed by atoms with Gasteiger partial charge in [0.1, 0.15) is 5.75 Å². The lowest BCUT2D eigenvalue weighted by Gasteiger charge is -2.39. The number of methoxy groups -OCH3 is 1. The Balaban J connectivity index is 2.37. The first kappa shape index (κ1) is 15.4. The second kappa shape index (κ2) is 6.62. The first-order chi connectivity index (χ1) is 9.57. The summed E-state index contributed by atoms with van der Waals surface area (Å²) in [7, 11) is 1.79. The van der Waals surface area contributed by atoms with E-state index < -0.39 is 0 Å². The minimum atomic E-state index is 0.250. The summed E-state index contributed by atoms with van der Waals surface area (Å²) in [6.07, 6.45) is 6.57. The average molecular weight is 275 g/mol. The lowest BCUT2D eigenvalue weighted by molar-refractivity contribution is 0.263. The van der Waals surface area contributed by atoms with Crippen LogP contribution in [-0.2, 0) is 5.41 Å². The molecule has 1 aliphatic carbocycles. The summed E-state index contributed by atoms with van der Waals surface area (Å²) in [5.41, 5.74) is 2.99. The molecule has 112 valence electrons. The monoisotopic (exact) mass is 275 g/mol. The number of benzene rings is 1. The molecule has 2 heteroatoms. The summed E-state index contributed by atoms with van der Waals surface area (Å²) in [5, 5.41) is 3.67. The van der Waals surface area contributed by atoms with Gasteiger partial charge >= 0.3 is 0 Å². The molecular formula is C18H29NO. The van der Waals surface area contributed by atoms with Gasteiger partial charge in [0, 0.05) is 23.6 Å². The van der Waals surface area contributed by atoms with Crippen molar-refractivity contribution in [2.75, 3.05) is 13.7 Å². The third-order valence-corrected chi connectivity index (χ3v) is 4.59. The lowest BCUT2D eigenvalue weighted by atomic mass is 9.68. The molecule has 1 aromatic rings. The van der Waals surface area contributed by atoms with Gasteiger partial charge in [0.05, 0.1) is 7.11 Å². The van der Waals surface area contributed by atoms with E-state index in [4.69, 9.17) is 4.74 Å². The van der Waals surface area contributed by atoms with E-state index in [1.54, 1.807) is 7.11 Å². The van der Waals surface area contributed by atoms with Gasteiger partial charge in [0.25, 0.3) is 0 Å². The molecular weight excluding hydrogens is 246 g/mol. The molecule has 1 aromatic carbocycles. The van der Waals surface area contributed by atoms with Crippen LogP contribution in [-0.4, -0.2) is 19.7 Å². The zero-order chi connectivity index (χ0) is 14.6. The molecule has 0 amide bonds. The van der Waals surface area contributed by atoms with Gasteiger partial charge in [-0.2, -0.15) is 0 Å². The Bertz CT molecular complexity index is 433. The third-order valence-electron chi connectivity index (χ3n) is 4.59. The Labute approximate surface area is 123 Å². The molecule has 0 aliphatic heterocycles. The molecule has 0 saturated heterocycles. The molecule has 0 heterocycles.